The molecule has 0 atom stereocenters. The van der Waals surface area contributed by atoms with Crippen LogP contribution in [-0.4, -0.2) is 9.97 Å². The lowest BCUT2D eigenvalue weighted by Gasteiger charge is -1.97. The van der Waals surface area contributed by atoms with Crippen molar-refractivity contribution in [3.05, 3.63) is 41.6 Å². The van der Waals surface area contributed by atoms with E-state index in [-0.39, 0.29) is 5.82 Å². The number of nitrogens with zero attached hydrogens (tertiary/aromatic N) is 2. The van der Waals surface area contributed by atoms with Gasteiger partial charge in [-0.3, -0.25) is 0 Å². The number of hydrogen-bond donors (Lipinski definition) is 1. The van der Waals surface area contributed by atoms with Crippen LogP contribution >= 0.6 is 0 Å². The molecular weight excluding hydrogens is 217 g/mol. The Hall–Kier alpha value is -2.15. The maximum atomic E-state index is 12.8. The van der Waals surface area contributed by atoms with Gasteiger partial charge in [0.05, 0.1) is 11.8 Å². The molecule has 3 nitrogen and oxygen atoms in total. The first-order valence-corrected chi connectivity index (χ1v) is 5.39. The van der Waals surface area contributed by atoms with Crippen LogP contribution in [0.2, 0.25) is 0 Å². The second-order valence-electron chi connectivity index (χ2n) is 3.82. The van der Waals surface area contributed by atoms with E-state index in [0.29, 0.717) is 12.8 Å². The third-order valence-corrected chi connectivity index (χ3v) is 2.53. The van der Waals surface area contributed by atoms with Gasteiger partial charge in [0.2, 0.25) is 0 Å². The number of hydrogen-bond acceptors (Lipinski definition) is 2. The molecule has 0 aliphatic heterocycles. The molecule has 0 aliphatic carbocycles. The molecule has 0 radical (unpaired) electrons. The molecule has 0 saturated heterocycles. The SMILES string of the molecule is Cc1[nH]c(CCC#N)nc1-c1ccc(F)cc1. The molecule has 1 N–H and O–H groups in total. The lowest BCUT2D eigenvalue weighted by molar-refractivity contribution is 0.628. The first-order valence-electron chi connectivity index (χ1n) is 5.39. The van der Waals surface area contributed by atoms with Crippen LogP contribution in [0.4, 0.5) is 4.39 Å². The highest BCUT2D eigenvalue weighted by Crippen LogP contribution is 2.21. The second-order valence-corrected chi connectivity index (χ2v) is 3.82. The Morgan fingerprint density at radius 3 is 2.71 bits per heavy atom. The van der Waals surface area contributed by atoms with Crippen molar-refractivity contribution < 1.29 is 4.39 Å². The molecule has 17 heavy (non-hydrogen) atoms. The monoisotopic (exact) mass is 229 g/mol. The summed E-state index contributed by atoms with van der Waals surface area (Å²) < 4.78 is 12.8. The van der Waals surface area contributed by atoms with Crippen molar-refractivity contribution in [1.29, 1.82) is 5.26 Å². The summed E-state index contributed by atoms with van der Waals surface area (Å²) in [6.45, 7) is 1.92. The van der Waals surface area contributed by atoms with Crippen LogP contribution in [0.25, 0.3) is 11.3 Å². The molecule has 0 fully saturated rings. The third kappa shape index (κ3) is 2.51. The molecule has 4 heteroatoms. The summed E-state index contributed by atoms with van der Waals surface area (Å²) >= 11 is 0. The summed E-state index contributed by atoms with van der Waals surface area (Å²) in [4.78, 5) is 7.55. The summed E-state index contributed by atoms with van der Waals surface area (Å²) in [5.41, 5.74) is 2.63. The number of aromatic amines is 1. The number of nitriles is 1. The van der Waals surface area contributed by atoms with Gasteiger partial charge in [0.25, 0.3) is 0 Å². The first-order chi connectivity index (χ1) is 8.20. The van der Waals surface area contributed by atoms with E-state index < -0.39 is 0 Å². The van der Waals surface area contributed by atoms with Crippen LogP contribution in [0, 0.1) is 24.1 Å². The van der Waals surface area contributed by atoms with Gasteiger partial charge in [-0.15, -0.1) is 0 Å². The fraction of sp³-hybridized carbons (Fsp3) is 0.231. The number of aromatic nitrogens is 2. The fourth-order valence-corrected chi connectivity index (χ4v) is 1.70. The second kappa shape index (κ2) is 4.79. The standard InChI is InChI=1S/C13H12FN3/c1-9-13(10-4-6-11(14)7-5-10)17-12(16-9)3-2-8-15/h4-7H,2-3H2,1H3,(H,16,17). The summed E-state index contributed by atoms with van der Waals surface area (Å²) in [7, 11) is 0. The van der Waals surface area contributed by atoms with Crippen LogP contribution in [0.3, 0.4) is 0 Å². The van der Waals surface area contributed by atoms with Crippen molar-refractivity contribution in [1.82, 2.24) is 9.97 Å². The van der Waals surface area contributed by atoms with E-state index in [1.807, 2.05) is 6.92 Å². The molecule has 0 amide bonds. The Bertz CT molecular complexity index is 549. The lowest BCUT2D eigenvalue weighted by Crippen LogP contribution is -1.86. The van der Waals surface area contributed by atoms with Crippen LogP contribution in [-0.2, 0) is 6.42 Å². The Morgan fingerprint density at radius 2 is 2.06 bits per heavy atom. The van der Waals surface area contributed by atoms with Crippen molar-refractivity contribution in [2.75, 3.05) is 0 Å². The molecule has 1 aromatic heterocycles. The van der Waals surface area contributed by atoms with Gasteiger partial charge in [0, 0.05) is 24.1 Å². The maximum Gasteiger partial charge on any atom is 0.123 e. The molecule has 0 aliphatic rings. The van der Waals surface area contributed by atoms with E-state index in [0.717, 1.165) is 22.8 Å². The Labute approximate surface area is 98.9 Å². The summed E-state index contributed by atoms with van der Waals surface area (Å²) in [6, 6.07) is 8.31. The molecule has 1 aromatic carbocycles. The summed E-state index contributed by atoms with van der Waals surface area (Å²) in [5.74, 6) is 0.537. The van der Waals surface area contributed by atoms with E-state index in [9.17, 15) is 4.39 Å². The van der Waals surface area contributed by atoms with E-state index >= 15 is 0 Å². The van der Waals surface area contributed by atoms with Crippen LogP contribution in [0.1, 0.15) is 17.9 Å². The van der Waals surface area contributed by atoms with Gasteiger partial charge in [-0.2, -0.15) is 5.26 Å². The first kappa shape index (κ1) is 11.3. The highest BCUT2D eigenvalue weighted by Gasteiger charge is 2.08. The molecule has 0 spiro atoms. The fourth-order valence-electron chi connectivity index (χ4n) is 1.70. The number of aryl methyl sites for hydroxylation is 2. The zero-order valence-electron chi connectivity index (χ0n) is 9.50. The van der Waals surface area contributed by atoms with Crippen molar-refractivity contribution in [2.45, 2.75) is 19.8 Å². The minimum absolute atomic E-state index is 0.258. The topological polar surface area (TPSA) is 52.5 Å². The van der Waals surface area contributed by atoms with Gasteiger partial charge < -0.3 is 4.98 Å². The van der Waals surface area contributed by atoms with E-state index in [1.165, 1.54) is 12.1 Å². The number of halogens is 1. The Balaban J connectivity index is 2.30. The maximum absolute atomic E-state index is 12.8. The van der Waals surface area contributed by atoms with Gasteiger partial charge in [-0.25, -0.2) is 9.37 Å². The van der Waals surface area contributed by atoms with Crippen molar-refractivity contribution >= 4 is 0 Å². The van der Waals surface area contributed by atoms with Crippen molar-refractivity contribution in [3.63, 3.8) is 0 Å². The molecule has 2 rings (SSSR count). The number of rotatable bonds is 3. The van der Waals surface area contributed by atoms with E-state index in [1.54, 1.807) is 12.1 Å². The number of nitrogens with one attached hydrogen (secondary N) is 1. The zero-order chi connectivity index (χ0) is 12.3. The average Bonchev–Trinajstić information content (AvgIpc) is 2.69. The van der Waals surface area contributed by atoms with Crippen LogP contribution in [0.15, 0.2) is 24.3 Å². The summed E-state index contributed by atoms with van der Waals surface area (Å²) in [6.07, 6.45) is 1.05. The molecule has 86 valence electrons. The van der Waals surface area contributed by atoms with Crippen LogP contribution in [0.5, 0.6) is 0 Å². The molecule has 1 heterocycles. The Kier molecular flexibility index (Phi) is 3.20. The minimum atomic E-state index is -0.258. The molecule has 0 saturated carbocycles. The number of benzene rings is 1. The Morgan fingerprint density at radius 1 is 1.35 bits per heavy atom. The smallest absolute Gasteiger partial charge is 0.123 e. The molecule has 0 bridgehead atoms. The highest BCUT2D eigenvalue weighted by molar-refractivity contribution is 5.61. The van der Waals surface area contributed by atoms with Gasteiger partial charge in [0.15, 0.2) is 0 Å². The predicted octanol–water partition coefficient (Wildman–Crippen LogP) is 2.98. The number of H-pyrrole nitrogens is 1. The van der Waals surface area contributed by atoms with Crippen molar-refractivity contribution in [2.24, 2.45) is 0 Å². The highest BCUT2D eigenvalue weighted by atomic mass is 19.1. The van der Waals surface area contributed by atoms with Crippen LogP contribution < -0.4 is 0 Å². The van der Waals surface area contributed by atoms with Gasteiger partial charge in [-0.05, 0) is 31.2 Å². The van der Waals surface area contributed by atoms with E-state index in [2.05, 4.69) is 16.0 Å². The van der Waals surface area contributed by atoms with Gasteiger partial charge in [-0.1, -0.05) is 0 Å². The number of imidazole rings is 1. The predicted molar refractivity (Wildman–Crippen MR) is 62.7 cm³/mol. The largest absolute Gasteiger partial charge is 0.346 e. The average molecular weight is 229 g/mol. The normalized spacial score (nSPS) is 10.2. The van der Waals surface area contributed by atoms with Crippen molar-refractivity contribution in [3.8, 4) is 17.3 Å². The molecule has 0 unspecified atom stereocenters. The van der Waals surface area contributed by atoms with E-state index in [4.69, 9.17) is 5.26 Å². The summed E-state index contributed by atoms with van der Waals surface area (Å²) in [5, 5.41) is 8.52. The molecular formula is C13H12FN3. The third-order valence-electron chi connectivity index (χ3n) is 2.53. The molecule has 2 aromatic rings. The van der Waals surface area contributed by atoms with Gasteiger partial charge >= 0.3 is 0 Å². The quantitative estimate of drug-likeness (QED) is 0.879. The van der Waals surface area contributed by atoms with Gasteiger partial charge in [0.1, 0.15) is 11.6 Å². The lowest BCUT2D eigenvalue weighted by atomic mass is 10.1. The minimum Gasteiger partial charge on any atom is -0.346 e. The zero-order valence-corrected chi connectivity index (χ0v) is 9.50.